The summed E-state index contributed by atoms with van der Waals surface area (Å²) < 4.78 is 5.12. The number of hydrogen-bond donors (Lipinski definition) is 0. The summed E-state index contributed by atoms with van der Waals surface area (Å²) in [6.45, 7) is 3.66. The highest BCUT2D eigenvalue weighted by molar-refractivity contribution is 6.30. The second-order valence-corrected chi connectivity index (χ2v) is 5.52. The summed E-state index contributed by atoms with van der Waals surface area (Å²) in [6, 6.07) is 15.1. The zero-order chi connectivity index (χ0) is 15.9. The Morgan fingerprint density at radius 3 is 2.55 bits per heavy atom. The van der Waals surface area contributed by atoms with E-state index in [9.17, 15) is 4.79 Å². The molecule has 0 aliphatic carbocycles. The minimum absolute atomic E-state index is 0.0143. The number of amides is 1. The number of nitrogens with zero attached hydrogens (tertiary/aromatic N) is 1. The fraction of sp³-hybridized carbons (Fsp3) is 0.278. The van der Waals surface area contributed by atoms with Gasteiger partial charge in [0.1, 0.15) is 0 Å². The molecule has 0 bridgehead atoms. The number of carbonyl (C=O) groups excluding carboxylic acids is 1. The lowest BCUT2D eigenvalue weighted by Crippen LogP contribution is -2.30. The van der Waals surface area contributed by atoms with Crippen molar-refractivity contribution in [3.8, 4) is 0 Å². The third kappa shape index (κ3) is 4.33. The molecule has 0 N–H and O–H groups in total. The van der Waals surface area contributed by atoms with E-state index in [1.54, 1.807) is 12.0 Å². The van der Waals surface area contributed by atoms with Crippen molar-refractivity contribution < 1.29 is 9.53 Å². The van der Waals surface area contributed by atoms with Crippen LogP contribution in [0.5, 0.6) is 0 Å². The largest absolute Gasteiger partial charge is 0.380 e. The lowest BCUT2D eigenvalue weighted by molar-refractivity contribution is 0.0752. The zero-order valence-corrected chi connectivity index (χ0v) is 13.6. The standard InChI is InChI=1S/C18H20ClNO2/c1-3-20(12-14-6-5-9-17(19)11-14)18(21)16-8-4-7-15(10-16)13-22-2/h4-11H,3,12-13H2,1-2H3. The van der Waals surface area contributed by atoms with Crippen molar-refractivity contribution in [3.05, 3.63) is 70.2 Å². The molecule has 0 saturated carbocycles. The molecule has 22 heavy (non-hydrogen) atoms. The van der Waals surface area contributed by atoms with Gasteiger partial charge in [-0.05, 0) is 42.3 Å². The van der Waals surface area contributed by atoms with Crippen LogP contribution in [0.4, 0.5) is 0 Å². The Morgan fingerprint density at radius 2 is 1.86 bits per heavy atom. The lowest BCUT2D eigenvalue weighted by atomic mass is 10.1. The highest BCUT2D eigenvalue weighted by Crippen LogP contribution is 2.15. The first-order valence-electron chi connectivity index (χ1n) is 7.25. The molecule has 0 aliphatic heterocycles. The summed E-state index contributed by atoms with van der Waals surface area (Å²) in [4.78, 5) is 14.5. The molecule has 0 unspecified atom stereocenters. The van der Waals surface area contributed by atoms with Gasteiger partial charge in [0.25, 0.3) is 5.91 Å². The highest BCUT2D eigenvalue weighted by atomic mass is 35.5. The number of hydrogen-bond acceptors (Lipinski definition) is 2. The minimum Gasteiger partial charge on any atom is -0.380 e. The number of benzene rings is 2. The van der Waals surface area contributed by atoms with Crippen molar-refractivity contribution in [2.24, 2.45) is 0 Å². The Morgan fingerprint density at radius 1 is 1.14 bits per heavy atom. The molecule has 0 aromatic heterocycles. The van der Waals surface area contributed by atoms with Crippen molar-refractivity contribution in [3.63, 3.8) is 0 Å². The normalized spacial score (nSPS) is 10.5. The number of rotatable bonds is 6. The van der Waals surface area contributed by atoms with Gasteiger partial charge in [0.15, 0.2) is 0 Å². The van der Waals surface area contributed by atoms with E-state index in [1.807, 2.05) is 55.5 Å². The number of carbonyl (C=O) groups is 1. The molecular weight excluding hydrogens is 298 g/mol. The van der Waals surface area contributed by atoms with Crippen molar-refractivity contribution in [2.45, 2.75) is 20.1 Å². The molecule has 4 heteroatoms. The van der Waals surface area contributed by atoms with Crippen LogP contribution in [0.3, 0.4) is 0 Å². The summed E-state index contributed by atoms with van der Waals surface area (Å²) in [5.74, 6) is 0.0143. The molecule has 0 saturated heterocycles. The van der Waals surface area contributed by atoms with Crippen LogP contribution in [0, 0.1) is 0 Å². The predicted molar refractivity (Wildman–Crippen MR) is 89.0 cm³/mol. The van der Waals surface area contributed by atoms with Crippen LogP contribution in [0.25, 0.3) is 0 Å². The Labute approximate surface area is 136 Å². The van der Waals surface area contributed by atoms with Gasteiger partial charge < -0.3 is 9.64 Å². The maximum atomic E-state index is 12.7. The Balaban J connectivity index is 2.16. The number of halogens is 1. The van der Waals surface area contributed by atoms with E-state index in [0.29, 0.717) is 30.3 Å². The van der Waals surface area contributed by atoms with Gasteiger partial charge in [0, 0.05) is 30.8 Å². The van der Waals surface area contributed by atoms with Gasteiger partial charge in [-0.3, -0.25) is 4.79 Å². The molecule has 1 amide bonds. The maximum absolute atomic E-state index is 12.7. The van der Waals surface area contributed by atoms with Gasteiger partial charge in [0.05, 0.1) is 6.61 Å². The maximum Gasteiger partial charge on any atom is 0.254 e. The molecule has 0 radical (unpaired) electrons. The fourth-order valence-electron chi connectivity index (χ4n) is 2.33. The second kappa shape index (κ2) is 7.97. The van der Waals surface area contributed by atoms with Gasteiger partial charge >= 0.3 is 0 Å². The molecule has 0 atom stereocenters. The van der Waals surface area contributed by atoms with E-state index in [-0.39, 0.29) is 5.91 Å². The van der Waals surface area contributed by atoms with Gasteiger partial charge in [-0.2, -0.15) is 0 Å². The van der Waals surface area contributed by atoms with Crippen molar-refractivity contribution >= 4 is 17.5 Å². The molecule has 0 fully saturated rings. The Kier molecular flexibility index (Phi) is 5.99. The summed E-state index contributed by atoms with van der Waals surface area (Å²) in [7, 11) is 1.64. The van der Waals surface area contributed by atoms with Crippen LogP contribution < -0.4 is 0 Å². The first-order chi connectivity index (χ1) is 10.6. The molecule has 3 nitrogen and oxygen atoms in total. The molecule has 0 aliphatic rings. The first-order valence-corrected chi connectivity index (χ1v) is 7.63. The molecule has 2 aromatic rings. The molecule has 2 aromatic carbocycles. The van der Waals surface area contributed by atoms with Crippen LogP contribution in [0.15, 0.2) is 48.5 Å². The number of ether oxygens (including phenoxy) is 1. The highest BCUT2D eigenvalue weighted by Gasteiger charge is 2.15. The number of methoxy groups -OCH3 is 1. The summed E-state index contributed by atoms with van der Waals surface area (Å²) in [5.41, 5.74) is 2.70. The topological polar surface area (TPSA) is 29.5 Å². The summed E-state index contributed by atoms with van der Waals surface area (Å²) in [5, 5.41) is 0.683. The van der Waals surface area contributed by atoms with E-state index in [1.165, 1.54) is 0 Å². The second-order valence-electron chi connectivity index (χ2n) is 5.08. The van der Waals surface area contributed by atoms with Gasteiger partial charge in [0.2, 0.25) is 0 Å². The summed E-state index contributed by atoms with van der Waals surface area (Å²) >= 11 is 6.01. The third-order valence-corrected chi connectivity index (χ3v) is 3.65. The zero-order valence-electron chi connectivity index (χ0n) is 12.9. The smallest absolute Gasteiger partial charge is 0.254 e. The van der Waals surface area contributed by atoms with E-state index >= 15 is 0 Å². The van der Waals surface area contributed by atoms with Gasteiger partial charge in [-0.15, -0.1) is 0 Å². The predicted octanol–water partition coefficient (Wildman–Crippen LogP) is 4.15. The van der Waals surface area contributed by atoms with E-state index < -0.39 is 0 Å². The lowest BCUT2D eigenvalue weighted by Gasteiger charge is -2.21. The SMILES string of the molecule is CCN(Cc1cccc(Cl)c1)C(=O)c1cccc(COC)c1. The van der Waals surface area contributed by atoms with Crippen LogP contribution >= 0.6 is 11.6 Å². The molecule has 116 valence electrons. The molecule has 0 spiro atoms. The Bertz CT molecular complexity index is 642. The first kappa shape index (κ1) is 16.5. The van der Waals surface area contributed by atoms with Gasteiger partial charge in [-0.1, -0.05) is 35.9 Å². The average Bonchev–Trinajstić information content (AvgIpc) is 2.52. The average molecular weight is 318 g/mol. The van der Waals surface area contributed by atoms with E-state index in [0.717, 1.165) is 11.1 Å². The van der Waals surface area contributed by atoms with Crippen molar-refractivity contribution in [1.82, 2.24) is 4.90 Å². The molecule has 2 rings (SSSR count). The van der Waals surface area contributed by atoms with Crippen LogP contribution in [0.1, 0.15) is 28.4 Å². The van der Waals surface area contributed by atoms with Crippen LogP contribution in [-0.4, -0.2) is 24.5 Å². The van der Waals surface area contributed by atoms with Crippen LogP contribution in [0.2, 0.25) is 5.02 Å². The third-order valence-electron chi connectivity index (χ3n) is 3.42. The van der Waals surface area contributed by atoms with E-state index in [4.69, 9.17) is 16.3 Å². The Hall–Kier alpha value is -1.84. The quantitative estimate of drug-likeness (QED) is 0.801. The van der Waals surface area contributed by atoms with Crippen molar-refractivity contribution in [1.29, 1.82) is 0 Å². The van der Waals surface area contributed by atoms with Crippen molar-refractivity contribution in [2.75, 3.05) is 13.7 Å². The molecular formula is C18H20ClNO2. The fourth-order valence-corrected chi connectivity index (χ4v) is 2.54. The van der Waals surface area contributed by atoms with E-state index in [2.05, 4.69) is 0 Å². The summed E-state index contributed by atoms with van der Waals surface area (Å²) in [6.07, 6.45) is 0. The van der Waals surface area contributed by atoms with Gasteiger partial charge in [-0.25, -0.2) is 0 Å². The molecule has 0 heterocycles. The minimum atomic E-state index is 0.0143. The monoisotopic (exact) mass is 317 g/mol. The van der Waals surface area contributed by atoms with Crippen LogP contribution in [-0.2, 0) is 17.9 Å².